The van der Waals surface area contributed by atoms with Crippen LogP contribution in [0.2, 0.25) is 0 Å². The Morgan fingerprint density at radius 2 is 2.00 bits per heavy atom. The standard InChI is InChI=1S/C21H21N5OS/c1-3-26-18-7-5-4-6-16(18)14(2)21(26)17-12-19(25-24-17)23-20(27)13-28-15-8-10-22-11-9-15/h4-12H,3,13H2,1-2H3,(H2,23,24,25,27). The number of H-pyrrole nitrogens is 1. The van der Waals surface area contributed by atoms with E-state index in [1.807, 2.05) is 18.2 Å². The molecular formula is C21H21N5OS. The number of carbonyl (C=O) groups is 1. The summed E-state index contributed by atoms with van der Waals surface area (Å²) in [6.07, 6.45) is 3.44. The lowest BCUT2D eigenvalue weighted by molar-refractivity contribution is -0.113. The van der Waals surface area contributed by atoms with Crippen LogP contribution in [0.25, 0.3) is 22.3 Å². The van der Waals surface area contributed by atoms with Crippen LogP contribution >= 0.6 is 11.8 Å². The Morgan fingerprint density at radius 1 is 1.21 bits per heavy atom. The highest BCUT2D eigenvalue weighted by Gasteiger charge is 2.17. The van der Waals surface area contributed by atoms with E-state index in [9.17, 15) is 4.79 Å². The number of benzene rings is 1. The number of aromatic nitrogens is 4. The van der Waals surface area contributed by atoms with Gasteiger partial charge in [-0.25, -0.2) is 0 Å². The minimum atomic E-state index is -0.0902. The van der Waals surface area contributed by atoms with Gasteiger partial charge in [0.1, 0.15) is 0 Å². The topological polar surface area (TPSA) is 75.6 Å². The van der Waals surface area contributed by atoms with Crippen molar-refractivity contribution in [1.82, 2.24) is 19.7 Å². The average molecular weight is 392 g/mol. The summed E-state index contributed by atoms with van der Waals surface area (Å²) in [6, 6.07) is 14.0. The maximum Gasteiger partial charge on any atom is 0.235 e. The smallest absolute Gasteiger partial charge is 0.235 e. The molecule has 0 radical (unpaired) electrons. The van der Waals surface area contributed by atoms with Crippen molar-refractivity contribution in [1.29, 1.82) is 0 Å². The van der Waals surface area contributed by atoms with Crippen molar-refractivity contribution >= 4 is 34.4 Å². The predicted octanol–water partition coefficient (Wildman–Crippen LogP) is 4.49. The SMILES string of the molecule is CCn1c(-c2cc(NC(=O)CSc3ccncc3)n[nH]2)c(C)c2ccccc21. The molecule has 7 heteroatoms. The lowest BCUT2D eigenvalue weighted by Gasteiger charge is -2.06. The van der Waals surface area contributed by atoms with E-state index in [2.05, 4.69) is 63.2 Å². The Morgan fingerprint density at radius 3 is 2.79 bits per heavy atom. The van der Waals surface area contributed by atoms with E-state index in [1.165, 1.54) is 28.2 Å². The van der Waals surface area contributed by atoms with Gasteiger partial charge in [-0.15, -0.1) is 11.8 Å². The molecule has 0 fully saturated rings. The minimum Gasteiger partial charge on any atom is -0.339 e. The van der Waals surface area contributed by atoms with Crippen LogP contribution in [0.1, 0.15) is 12.5 Å². The van der Waals surface area contributed by atoms with Crippen LogP contribution < -0.4 is 5.32 Å². The number of hydrogen-bond acceptors (Lipinski definition) is 4. The summed E-state index contributed by atoms with van der Waals surface area (Å²) in [5.74, 6) is 0.760. The van der Waals surface area contributed by atoms with Crippen LogP contribution in [0, 0.1) is 6.92 Å². The zero-order valence-corrected chi connectivity index (χ0v) is 16.6. The number of aryl methyl sites for hydroxylation is 2. The molecule has 0 bridgehead atoms. The van der Waals surface area contributed by atoms with E-state index in [1.54, 1.807) is 12.4 Å². The maximum atomic E-state index is 12.3. The number of hydrogen-bond donors (Lipinski definition) is 2. The van der Waals surface area contributed by atoms with Crippen molar-refractivity contribution in [3.05, 3.63) is 60.4 Å². The number of nitrogens with zero attached hydrogens (tertiary/aromatic N) is 3. The number of aromatic amines is 1. The van der Waals surface area contributed by atoms with E-state index in [0.29, 0.717) is 11.6 Å². The van der Waals surface area contributed by atoms with E-state index in [4.69, 9.17) is 0 Å². The molecule has 142 valence electrons. The molecule has 28 heavy (non-hydrogen) atoms. The van der Waals surface area contributed by atoms with Gasteiger partial charge in [-0.05, 0) is 37.6 Å². The lowest BCUT2D eigenvalue weighted by Crippen LogP contribution is -2.14. The molecule has 2 N–H and O–H groups in total. The molecule has 0 saturated carbocycles. The molecular weight excluding hydrogens is 370 g/mol. The van der Waals surface area contributed by atoms with E-state index in [0.717, 1.165) is 22.8 Å². The fourth-order valence-electron chi connectivity index (χ4n) is 3.42. The number of carbonyl (C=O) groups excluding carboxylic acids is 1. The summed E-state index contributed by atoms with van der Waals surface area (Å²) < 4.78 is 2.27. The first-order valence-electron chi connectivity index (χ1n) is 9.13. The van der Waals surface area contributed by atoms with Gasteiger partial charge < -0.3 is 9.88 Å². The second-order valence-electron chi connectivity index (χ2n) is 6.42. The fraction of sp³-hybridized carbons (Fsp3) is 0.190. The molecule has 4 rings (SSSR count). The third kappa shape index (κ3) is 3.53. The summed E-state index contributed by atoms with van der Waals surface area (Å²) in [6.45, 7) is 5.10. The van der Waals surface area contributed by atoms with Crippen molar-refractivity contribution in [2.24, 2.45) is 0 Å². The normalized spacial score (nSPS) is 11.1. The number of amides is 1. The van der Waals surface area contributed by atoms with Gasteiger partial charge in [0.15, 0.2) is 5.82 Å². The Balaban J connectivity index is 1.53. The third-order valence-corrected chi connectivity index (χ3v) is 5.67. The Kier molecular flexibility index (Phi) is 5.16. The van der Waals surface area contributed by atoms with Crippen LogP contribution in [0.3, 0.4) is 0 Å². The van der Waals surface area contributed by atoms with Gasteiger partial charge in [-0.3, -0.25) is 14.9 Å². The predicted molar refractivity (Wildman–Crippen MR) is 114 cm³/mol. The summed E-state index contributed by atoms with van der Waals surface area (Å²) in [5, 5.41) is 11.5. The molecule has 0 atom stereocenters. The van der Waals surface area contributed by atoms with E-state index in [-0.39, 0.29) is 5.91 Å². The van der Waals surface area contributed by atoms with E-state index >= 15 is 0 Å². The first kappa shape index (κ1) is 18.3. The van der Waals surface area contributed by atoms with Crippen LogP contribution in [-0.2, 0) is 11.3 Å². The summed E-state index contributed by atoms with van der Waals surface area (Å²) >= 11 is 1.47. The van der Waals surface area contributed by atoms with Crippen molar-refractivity contribution in [3.8, 4) is 11.4 Å². The number of fused-ring (bicyclic) bond motifs is 1. The third-order valence-electron chi connectivity index (χ3n) is 4.66. The Labute approximate surface area is 167 Å². The fourth-order valence-corrected chi connectivity index (χ4v) is 4.11. The molecule has 0 spiro atoms. The van der Waals surface area contributed by atoms with Gasteiger partial charge in [0.2, 0.25) is 5.91 Å². The van der Waals surface area contributed by atoms with Gasteiger partial charge in [-0.2, -0.15) is 5.10 Å². The highest BCUT2D eigenvalue weighted by atomic mass is 32.2. The number of nitrogens with one attached hydrogen (secondary N) is 2. The number of rotatable bonds is 6. The van der Waals surface area contributed by atoms with Gasteiger partial charge >= 0.3 is 0 Å². The molecule has 0 aliphatic carbocycles. The van der Waals surface area contributed by atoms with Crippen LogP contribution in [0.4, 0.5) is 5.82 Å². The highest BCUT2D eigenvalue weighted by molar-refractivity contribution is 8.00. The molecule has 6 nitrogen and oxygen atoms in total. The van der Waals surface area contributed by atoms with Crippen LogP contribution in [0.5, 0.6) is 0 Å². The zero-order valence-electron chi connectivity index (χ0n) is 15.8. The average Bonchev–Trinajstić information content (AvgIpc) is 3.29. The van der Waals surface area contributed by atoms with Crippen molar-refractivity contribution in [2.75, 3.05) is 11.1 Å². The van der Waals surface area contributed by atoms with Gasteiger partial charge in [0.25, 0.3) is 0 Å². The quantitative estimate of drug-likeness (QED) is 0.475. The largest absolute Gasteiger partial charge is 0.339 e. The summed E-state index contributed by atoms with van der Waals surface area (Å²) in [7, 11) is 0. The van der Waals surface area contributed by atoms with Crippen molar-refractivity contribution in [2.45, 2.75) is 25.3 Å². The summed E-state index contributed by atoms with van der Waals surface area (Å²) in [4.78, 5) is 17.2. The summed E-state index contributed by atoms with van der Waals surface area (Å²) in [5.41, 5.74) is 4.40. The van der Waals surface area contributed by atoms with E-state index < -0.39 is 0 Å². The number of thioether (sulfide) groups is 1. The van der Waals surface area contributed by atoms with Crippen LogP contribution in [0.15, 0.2) is 59.8 Å². The van der Waals surface area contributed by atoms with Crippen molar-refractivity contribution in [3.63, 3.8) is 0 Å². The van der Waals surface area contributed by atoms with Crippen molar-refractivity contribution < 1.29 is 4.79 Å². The second kappa shape index (κ2) is 7.90. The molecule has 1 amide bonds. The van der Waals surface area contributed by atoms with Gasteiger partial charge in [0.05, 0.1) is 17.1 Å². The molecule has 0 unspecified atom stereocenters. The molecule has 0 aliphatic heterocycles. The Hall–Kier alpha value is -3.06. The number of para-hydroxylation sites is 1. The maximum absolute atomic E-state index is 12.3. The molecule has 3 heterocycles. The van der Waals surface area contributed by atoms with Gasteiger partial charge in [-0.1, -0.05) is 18.2 Å². The molecule has 4 aromatic rings. The molecule has 0 aliphatic rings. The molecule has 0 saturated heterocycles. The van der Waals surface area contributed by atoms with Crippen LogP contribution in [-0.4, -0.2) is 31.4 Å². The monoisotopic (exact) mass is 391 g/mol. The lowest BCUT2D eigenvalue weighted by atomic mass is 10.1. The number of pyridine rings is 1. The number of anilines is 1. The first-order chi connectivity index (χ1) is 13.7. The molecule has 3 aromatic heterocycles. The van der Waals surface area contributed by atoms with Gasteiger partial charge in [0, 0.05) is 40.8 Å². The minimum absolute atomic E-state index is 0.0902. The molecule has 1 aromatic carbocycles. The zero-order chi connectivity index (χ0) is 19.5. The Bertz CT molecular complexity index is 1120. The second-order valence-corrected chi connectivity index (χ2v) is 7.47. The highest BCUT2D eigenvalue weighted by Crippen LogP contribution is 2.33. The first-order valence-corrected chi connectivity index (χ1v) is 10.1.